The first-order valence-corrected chi connectivity index (χ1v) is 7.27. The van der Waals surface area contributed by atoms with E-state index in [1.165, 1.54) is 4.90 Å². The molecule has 4 unspecified atom stereocenters. The second-order valence-electron chi connectivity index (χ2n) is 5.98. The molecular weight excluding hydrogens is 264 g/mol. The molecular formula is C17H14N2O2. The highest BCUT2D eigenvalue weighted by Gasteiger charge is 2.57. The van der Waals surface area contributed by atoms with Crippen LogP contribution in [0.3, 0.4) is 0 Å². The zero-order valence-electron chi connectivity index (χ0n) is 11.4. The number of allylic oxidation sites excluding steroid dienone is 2. The first-order valence-electron chi connectivity index (χ1n) is 7.27. The van der Waals surface area contributed by atoms with Crippen molar-refractivity contribution in [2.45, 2.75) is 12.8 Å². The van der Waals surface area contributed by atoms with Gasteiger partial charge in [0.05, 0.1) is 23.1 Å². The monoisotopic (exact) mass is 278 g/mol. The smallest absolute Gasteiger partial charge is 0.238 e. The van der Waals surface area contributed by atoms with Crippen molar-refractivity contribution in [1.29, 1.82) is 5.26 Å². The van der Waals surface area contributed by atoms with Crippen LogP contribution in [0.1, 0.15) is 18.4 Å². The Morgan fingerprint density at radius 1 is 1.00 bits per heavy atom. The predicted molar refractivity (Wildman–Crippen MR) is 76.0 cm³/mol. The third-order valence-electron chi connectivity index (χ3n) is 5.02. The number of carbonyl (C=O) groups is 2. The molecule has 2 amide bonds. The molecule has 1 aliphatic heterocycles. The van der Waals surface area contributed by atoms with Crippen molar-refractivity contribution in [3.63, 3.8) is 0 Å². The first kappa shape index (κ1) is 12.3. The van der Waals surface area contributed by atoms with E-state index in [1.807, 2.05) is 0 Å². The van der Waals surface area contributed by atoms with Crippen molar-refractivity contribution >= 4 is 17.5 Å². The van der Waals surface area contributed by atoms with Crippen molar-refractivity contribution in [2.24, 2.45) is 23.7 Å². The van der Waals surface area contributed by atoms with Crippen LogP contribution < -0.4 is 4.90 Å². The highest BCUT2D eigenvalue weighted by Crippen LogP contribution is 2.50. The van der Waals surface area contributed by atoms with Crippen molar-refractivity contribution in [3.8, 4) is 6.07 Å². The maximum atomic E-state index is 12.8. The summed E-state index contributed by atoms with van der Waals surface area (Å²) in [4.78, 5) is 26.8. The van der Waals surface area contributed by atoms with Crippen LogP contribution in [0.15, 0.2) is 36.4 Å². The number of para-hydroxylation sites is 1. The van der Waals surface area contributed by atoms with Gasteiger partial charge in [0, 0.05) is 0 Å². The lowest BCUT2D eigenvalue weighted by molar-refractivity contribution is -0.124. The van der Waals surface area contributed by atoms with Gasteiger partial charge >= 0.3 is 0 Å². The quantitative estimate of drug-likeness (QED) is 0.584. The van der Waals surface area contributed by atoms with Crippen molar-refractivity contribution in [2.75, 3.05) is 4.90 Å². The second-order valence-corrected chi connectivity index (χ2v) is 5.98. The Kier molecular flexibility index (Phi) is 2.52. The van der Waals surface area contributed by atoms with Gasteiger partial charge in [-0.25, -0.2) is 4.90 Å². The summed E-state index contributed by atoms with van der Waals surface area (Å²) in [7, 11) is 0. The molecule has 0 N–H and O–H groups in total. The van der Waals surface area contributed by atoms with Crippen LogP contribution in [0.2, 0.25) is 0 Å². The van der Waals surface area contributed by atoms with Gasteiger partial charge in [0.1, 0.15) is 6.07 Å². The van der Waals surface area contributed by atoms with E-state index < -0.39 is 0 Å². The minimum absolute atomic E-state index is 0.133. The van der Waals surface area contributed by atoms with Gasteiger partial charge in [-0.2, -0.15) is 5.26 Å². The topological polar surface area (TPSA) is 61.2 Å². The van der Waals surface area contributed by atoms with Gasteiger partial charge in [-0.05, 0) is 36.8 Å². The van der Waals surface area contributed by atoms with Crippen LogP contribution >= 0.6 is 0 Å². The average Bonchev–Trinajstić information content (AvgIpc) is 2.82. The number of amides is 2. The number of imide groups is 1. The summed E-state index contributed by atoms with van der Waals surface area (Å²) in [6, 6.07) is 8.89. The molecule has 1 saturated carbocycles. The van der Waals surface area contributed by atoms with E-state index in [-0.39, 0.29) is 35.5 Å². The fourth-order valence-electron chi connectivity index (χ4n) is 4.07. The summed E-state index contributed by atoms with van der Waals surface area (Å²) in [6.07, 6.45) is 6.16. The van der Waals surface area contributed by atoms with Gasteiger partial charge < -0.3 is 0 Å². The Bertz CT molecular complexity index is 684. The van der Waals surface area contributed by atoms with E-state index in [9.17, 15) is 14.9 Å². The number of carbonyl (C=O) groups excluding carboxylic acids is 2. The van der Waals surface area contributed by atoms with Crippen molar-refractivity contribution in [3.05, 3.63) is 42.0 Å². The fraction of sp³-hybridized carbons (Fsp3) is 0.353. The Hall–Kier alpha value is -2.41. The molecule has 4 atom stereocenters. The number of rotatable bonds is 1. The van der Waals surface area contributed by atoms with Crippen LogP contribution in [-0.2, 0) is 9.59 Å². The summed E-state index contributed by atoms with van der Waals surface area (Å²) >= 11 is 0. The summed E-state index contributed by atoms with van der Waals surface area (Å²) in [5, 5.41) is 9.21. The molecule has 0 radical (unpaired) electrons. The molecule has 0 aromatic heterocycles. The maximum Gasteiger partial charge on any atom is 0.238 e. The number of anilines is 1. The third-order valence-corrected chi connectivity index (χ3v) is 5.02. The van der Waals surface area contributed by atoms with Crippen LogP contribution in [0.25, 0.3) is 0 Å². The third kappa shape index (κ3) is 1.55. The summed E-state index contributed by atoms with van der Waals surface area (Å²) < 4.78 is 0. The normalized spacial score (nSPS) is 33.2. The average molecular weight is 278 g/mol. The number of hydrogen-bond donors (Lipinski definition) is 0. The van der Waals surface area contributed by atoms with Crippen LogP contribution in [-0.4, -0.2) is 11.8 Å². The number of fused-ring (bicyclic) bond motifs is 1. The molecule has 1 aromatic rings. The molecule has 1 heterocycles. The fourth-order valence-corrected chi connectivity index (χ4v) is 4.07. The summed E-state index contributed by atoms with van der Waals surface area (Å²) in [6.45, 7) is 0. The SMILES string of the molecule is N#Cc1ccccc1N1C(=O)C2C3C=CC(CC3)C2C1=O. The number of nitrogens with zero attached hydrogens (tertiary/aromatic N) is 2. The minimum atomic E-state index is -0.229. The zero-order chi connectivity index (χ0) is 14.6. The molecule has 1 aromatic carbocycles. The van der Waals surface area contributed by atoms with Crippen LogP contribution in [0, 0.1) is 35.0 Å². The van der Waals surface area contributed by atoms with Gasteiger partial charge in [-0.15, -0.1) is 0 Å². The lowest BCUT2D eigenvalue weighted by Crippen LogP contribution is -2.38. The first-order chi connectivity index (χ1) is 10.2. The van der Waals surface area contributed by atoms with Gasteiger partial charge in [0.15, 0.2) is 0 Å². The van der Waals surface area contributed by atoms with Gasteiger partial charge in [0.2, 0.25) is 11.8 Å². The van der Waals surface area contributed by atoms with Crippen LogP contribution in [0.5, 0.6) is 0 Å². The lowest BCUT2D eigenvalue weighted by atomic mass is 9.63. The van der Waals surface area contributed by atoms with Crippen molar-refractivity contribution < 1.29 is 9.59 Å². The molecule has 4 heteroatoms. The minimum Gasteiger partial charge on any atom is -0.274 e. The van der Waals surface area contributed by atoms with Crippen LogP contribution in [0.4, 0.5) is 5.69 Å². The Balaban J connectivity index is 1.81. The van der Waals surface area contributed by atoms with Gasteiger partial charge in [-0.1, -0.05) is 24.3 Å². The van der Waals surface area contributed by atoms with E-state index in [0.717, 1.165) is 12.8 Å². The molecule has 4 aliphatic rings. The van der Waals surface area contributed by atoms with Gasteiger partial charge in [0.25, 0.3) is 0 Å². The lowest BCUT2D eigenvalue weighted by Gasteiger charge is -2.38. The summed E-state index contributed by atoms with van der Waals surface area (Å²) in [5.74, 6) is -0.370. The molecule has 21 heavy (non-hydrogen) atoms. The molecule has 1 saturated heterocycles. The predicted octanol–water partition coefficient (Wildman–Crippen LogP) is 2.26. The molecule has 104 valence electrons. The zero-order valence-corrected chi connectivity index (χ0v) is 11.4. The summed E-state index contributed by atoms with van der Waals surface area (Å²) in [5.41, 5.74) is 0.807. The van der Waals surface area contributed by atoms with E-state index >= 15 is 0 Å². The van der Waals surface area contributed by atoms with E-state index in [1.54, 1.807) is 24.3 Å². The molecule has 2 fully saturated rings. The number of nitriles is 1. The number of hydrogen-bond acceptors (Lipinski definition) is 3. The Morgan fingerprint density at radius 2 is 1.57 bits per heavy atom. The molecule has 2 bridgehead atoms. The highest BCUT2D eigenvalue weighted by atomic mass is 16.2. The Morgan fingerprint density at radius 3 is 2.10 bits per heavy atom. The molecule has 3 aliphatic carbocycles. The molecule has 0 spiro atoms. The van der Waals surface area contributed by atoms with E-state index in [4.69, 9.17) is 0 Å². The van der Waals surface area contributed by atoms with Gasteiger partial charge in [-0.3, -0.25) is 9.59 Å². The van der Waals surface area contributed by atoms with E-state index in [0.29, 0.717) is 11.3 Å². The van der Waals surface area contributed by atoms with Crippen molar-refractivity contribution in [1.82, 2.24) is 0 Å². The Labute approximate surface area is 122 Å². The standard InChI is InChI=1S/C17H14N2O2/c18-9-12-3-1-2-4-13(12)19-16(20)14-10-5-6-11(8-7-10)15(14)17(19)21/h1-6,10-11,14-15H,7-8H2. The second kappa shape index (κ2) is 4.29. The maximum absolute atomic E-state index is 12.8. The van der Waals surface area contributed by atoms with E-state index in [2.05, 4.69) is 18.2 Å². The molecule has 4 nitrogen and oxygen atoms in total. The largest absolute Gasteiger partial charge is 0.274 e. The number of benzene rings is 1. The molecule has 5 rings (SSSR count). The highest BCUT2D eigenvalue weighted by molar-refractivity contribution is 6.23.